The van der Waals surface area contributed by atoms with Crippen molar-refractivity contribution >= 4 is 17.5 Å². The summed E-state index contributed by atoms with van der Waals surface area (Å²) in [5.41, 5.74) is 1.78. The summed E-state index contributed by atoms with van der Waals surface area (Å²) in [6.45, 7) is 3.11. The molecule has 1 aromatic carbocycles. The number of carbonyl (C=O) groups excluding carboxylic acids is 2. The fraction of sp³-hybridized carbons (Fsp3) is 0.238. The van der Waals surface area contributed by atoms with Gasteiger partial charge in [0.1, 0.15) is 6.26 Å². The predicted octanol–water partition coefficient (Wildman–Crippen LogP) is 3.72. The van der Waals surface area contributed by atoms with E-state index in [-0.39, 0.29) is 11.7 Å². The van der Waals surface area contributed by atoms with E-state index in [4.69, 9.17) is 9.15 Å². The zero-order valence-electron chi connectivity index (χ0n) is 15.6. The Kier molecular flexibility index (Phi) is 6.64. The molecule has 1 N–H and O–H groups in total. The Hall–Kier alpha value is -3.32. The summed E-state index contributed by atoms with van der Waals surface area (Å²) in [4.78, 5) is 32.5. The lowest BCUT2D eigenvalue weighted by Crippen LogP contribution is -2.12. The van der Waals surface area contributed by atoms with Crippen LogP contribution >= 0.6 is 0 Å². The molecule has 0 bridgehead atoms. The lowest BCUT2D eigenvalue weighted by molar-refractivity contribution is -0.116. The molecule has 0 aliphatic heterocycles. The third-order valence-corrected chi connectivity index (χ3v) is 3.99. The van der Waals surface area contributed by atoms with E-state index in [1.165, 1.54) is 12.5 Å². The smallest absolute Gasteiger partial charge is 0.227 e. The van der Waals surface area contributed by atoms with Crippen LogP contribution in [0.25, 0.3) is 11.5 Å². The quantitative estimate of drug-likeness (QED) is 0.450. The molecule has 0 saturated carbocycles. The monoisotopic (exact) mass is 379 g/mol. The van der Waals surface area contributed by atoms with Crippen LogP contribution in [0.1, 0.15) is 35.7 Å². The van der Waals surface area contributed by atoms with Gasteiger partial charge in [-0.1, -0.05) is 12.1 Å². The summed E-state index contributed by atoms with van der Waals surface area (Å²) in [5.74, 6) is 0.473. The molecule has 0 atom stereocenters. The van der Waals surface area contributed by atoms with Crippen molar-refractivity contribution in [1.29, 1.82) is 0 Å². The number of ether oxygens (including phenoxy) is 1. The normalized spacial score (nSPS) is 10.6. The van der Waals surface area contributed by atoms with E-state index in [2.05, 4.69) is 15.3 Å². The van der Waals surface area contributed by atoms with Gasteiger partial charge >= 0.3 is 0 Å². The van der Waals surface area contributed by atoms with Crippen molar-refractivity contribution in [3.8, 4) is 11.5 Å². The number of anilines is 1. The van der Waals surface area contributed by atoms with Crippen LogP contribution in [0.2, 0.25) is 0 Å². The van der Waals surface area contributed by atoms with E-state index >= 15 is 0 Å². The molecule has 0 aliphatic rings. The molecule has 3 aromatic rings. The number of benzene rings is 1. The summed E-state index contributed by atoms with van der Waals surface area (Å²) < 4.78 is 10.6. The largest absolute Gasteiger partial charge is 0.442 e. The van der Waals surface area contributed by atoms with Crippen molar-refractivity contribution in [2.24, 2.45) is 0 Å². The highest BCUT2D eigenvalue weighted by atomic mass is 16.5. The number of nitrogens with zero attached hydrogens (tertiary/aromatic N) is 2. The average Bonchev–Trinajstić information content (AvgIpc) is 3.20. The van der Waals surface area contributed by atoms with E-state index in [1.54, 1.807) is 42.6 Å². The van der Waals surface area contributed by atoms with E-state index in [1.807, 2.05) is 6.92 Å². The Morgan fingerprint density at radius 2 is 1.96 bits per heavy atom. The van der Waals surface area contributed by atoms with Crippen molar-refractivity contribution in [3.05, 3.63) is 66.2 Å². The summed E-state index contributed by atoms with van der Waals surface area (Å²) in [5, 5.41) is 2.70. The van der Waals surface area contributed by atoms with Crippen LogP contribution in [-0.4, -0.2) is 34.9 Å². The molecule has 28 heavy (non-hydrogen) atoms. The fourth-order valence-electron chi connectivity index (χ4n) is 2.58. The van der Waals surface area contributed by atoms with Crippen molar-refractivity contribution in [1.82, 2.24) is 9.97 Å². The average molecular weight is 379 g/mol. The lowest BCUT2D eigenvalue weighted by Gasteiger charge is -2.02. The molecule has 1 amide bonds. The standard InChI is InChI=1S/C21H21N3O4/c1-2-27-12-4-6-19(25)23-18-14-28-21(24-18)16-9-7-15(8-10-16)20(26)17-5-3-11-22-13-17/h3,5,7-11,13-14H,2,4,6,12H2,1H3,(H,23,25). The molecule has 2 heterocycles. The predicted molar refractivity (Wildman–Crippen MR) is 104 cm³/mol. The maximum atomic E-state index is 12.4. The molecule has 0 unspecified atom stereocenters. The molecule has 7 heteroatoms. The molecule has 144 valence electrons. The highest BCUT2D eigenvalue weighted by Crippen LogP contribution is 2.22. The van der Waals surface area contributed by atoms with Gasteiger partial charge in [-0.2, -0.15) is 4.98 Å². The number of oxazole rings is 1. The van der Waals surface area contributed by atoms with Gasteiger partial charge in [-0.25, -0.2) is 0 Å². The van der Waals surface area contributed by atoms with Gasteiger partial charge in [0.2, 0.25) is 11.8 Å². The maximum Gasteiger partial charge on any atom is 0.227 e. The van der Waals surface area contributed by atoms with Crippen molar-refractivity contribution < 1.29 is 18.7 Å². The molecule has 0 spiro atoms. The second kappa shape index (κ2) is 9.57. The molecule has 0 aliphatic carbocycles. The third-order valence-electron chi connectivity index (χ3n) is 3.99. The van der Waals surface area contributed by atoms with Gasteiger partial charge in [0.15, 0.2) is 11.6 Å². The van der Waals surface area contributed by atoms with E-state index in [9.17, 15) is 9.59 Å². The van der Waals surface area contributed by atoms with E-state index in [0.717, 1.165) is 0 Å². The fourth-order valence-corrected chi connectivity index (χ4v) is 2.58. The van der Waals surface area contributed by atoms with Gasteiger partial charge in [0.05, 0.1) is 0 Å². The van der Waals surface area contributed by atoms with Crippen LogP contribution in [0.3, 0.4) is 0 Å². The zero-order valence-corrected chi connectivity index (χ0v) is 15.6. The van der Waals surface area contributed by atoms with E-state index in [0.29, 0.717) is 54.5 Å². The van der Waals surface area contributed by atoms with Crippen LogP contribution in [0.15, 0.2) is 59.5 Å². The second-order valence-corrected chi connectivity index (χ2v) is 6.03. The van der Waals surface area contributed by atoms with Gasteiger partial charge in [-0.05, 0) is 37.6 Å². The summed E-state index contributed by atoms with van der Waals surface area (Å²) in [6.07, 6.45) is 5.56. The first-order chi connectivity index (χ1) is 13.7. The Morgan fingerprint density at radius 1 is 1.14 bits per heavy atom. The third kappa shape index (κ3) is 5.11. The molecule has 0 saturated heterocycles. The Morgan fingerprint density at radius 3 is 2.68 bits per heavy atom. The van der Waals surface area contributed by atoms with Gasteiger partial charge in [0.25, 0.3) is 0 Å². The molecule has 7 nitrogen and oxygen atoms in total. The van der Waals surface area contributed by atoms with Gasteiger partial charge in [-0.15, -0.1) is 0 Å². The van der Waals surface area contributed by atoms with Crippen molar-refractivity contribution in [3.63, 3.8) is 0 Å². The van der Waals surface area contributed by atoms with Crippen molar-refractivity contribution in [2.75, 3.05) is 18.5 Å². The summed E-state index contributed by atoms with van der Waals surface area (Å²) in [7, 11) is 0. The highest BCUT2D eigenvalue weighted by Gasteiger charge is 2.12. The van der Waals surface area contributed by atoms with Gasteiger partial charge in [-0.3, -0.25) is 14.6 Å². The number of carbonyl (C=O) groups is 2. The van der Waals surface area contributed by atoms with Gasteiger partial charge in [0, 0.05) is 48.7 Å². The molecule has 0 fully saturated rings. The van der Waals surface area contributed by atoms with Gasteiger partial charge < -0.3 is 14.5 Å². The molecular weight excluding hydrogens is 358 g/mol. The summed E-state index contributed by atoms with van der Waals surface area (Å²) >= 11 is 0. The Balaban J connectivity index is 1.60. The zero-order chi connectivity index (χ0) is 19.8. The highest BCUT2D eigenvalue weighted by molar-refractivity contribution is 6.08. The van der Waals surface area contributed by atoms with E-state index < -0.39 is 0 Å². The number of pyridine rings is 1. The molecular formula is C21H21N3O4. The SMILES string of the molecule is CCOCCCC(=O)Nc1coc(-c2ccc(C(=O)c3cccnc3)cc2)n1. The topological polar surface area (TPSA) is 94.3 Å². The maximum absolute atomic E-state index is 12.4. The second-order valence-electron chi connectivity index (χ2n) is 6.03. The van der Waals surface area contributed by atoms with Crippen LogP contribution in [0, 0.1) is 0 Å². The van der Waals surface area contributed by atoms with Crippen LogP contribution < -0.4 is 5.32 Å². The number of hydrogen-bond acceptors (Lipinski definition) is 6. The minimum atomic E-state index is -0.142. The van der Waals surface area contributed by atoms with Crippen molar-refractivity contribution in [2.45, 2.75) is 19.8 Å². The molecule has 3 rings (SSSR count). The minimum Gasteiger partial charge on any atom is -0.442 e. The van der Waals surface area contributed by atoms with Crippen LogP contribution in [0.4, 0.5) is 5.82 Å². The molecule has 2 aromatic heterocycles. The van der Waals surface area contributed by atoms with Crippen LogP contribution in [-0.2, 0) is 9.53 Å². The lowest BCUT2D eigenvalue weighted by atomic mass is 10.0. The minimum absolute atomic E-state index is 0.105. The first kappa shape index (κ1) is 19.4. The Bertz CT molecular complexity index is 920. The molecule has 0 radical (unpaired) electrons. The number of rotatable bonds is 9. The Labute approximate surface area is 162 Å². The number of hydrogen-bond donors (Lipinski definition) is 1. The number of amides is 1. The first-order valence-corrected chi connectivity index (χ1v) is 9.05. The number of ketones is 1. The van der Waals surface area contributed by atoms with Crippen LogP contribution in [0.5, 0.6) is 0 Å². The first-order valence-electron chi connectivity index (χ1n) is 9.05. The number of aromatic nitrogens is 2. The number of nitrogens with one attached hydrogen (secondary N) is 1. The summed E-state index contributed by atoms with van der Waals surface area (Å²) in [6, 6.07) is 10.4.